The van der Waals surface area contributed by atoms with Gasteiger partial charge in [0, 0.05) is 6.92 Å². The SMILES string of the molecule is CC(=O)OCC(C)(F)Br. The van der Waals surface area contributed by atoms with E-state index in [0.717, 1.165) is 0 Å². The number of esters is 1. The minimum absolute atomic E-state index is 0.248. The molecule has 1 unspecified atom stereocenters. The first-order chi connectivity index (χ1) is 3.92. The van der Waals surface area contributed by atoms with E-state index in [0.29, 0.717) is 0 Å². The lowest BCUT2D eigenvalue weighted by atomic mass is 10.5. The Labute approximate surface area is 61.5 Å². The van der Waals surface area contributed by atoms with E-state index in [1.165, 1.54) is 13.8 Å². The molecule has 1 atom stereocenters. The first kappa shape index (κ1) is 8.88. The van der Waals surface area contributed by atoms with Crippen molar-refractivity contribution in [2.24, 2.45) is 0 Å². The minimum atomic E-state index is -1.60. The van der Waals surface area contributed by atoms with Gasteiger partial charge in [0.1, 0.15) is 6.61 Å². The molecule has 0 aromatic heterocycles. The molecule has 9 heavy (non-hydrogen) atoms. The van der Waals surface area contributed by atoms with Gasteiger partial charge in [-0.05, 0) is 22.9 Å². The Morgan fingerprint density at radius 2 is 2.33 bits per heavy atom. The molecule has 54 valence electrons. The number of hydrogen-bond acceptors (Lipinski definition) is 2. The Balaban J connectivity index is 3.39. The lowest BCUT2D eigenvalue weighted by Gasteiger charge is -2.10. The van der Waals surface area contributed by atoms with Crippen LogP contribution in [0.25, 0.3) is 0 Å². The smallest absolute Gasteiger partial charge is 0.302 e. The fraction of sp³-hybridized carbons (Fsp3) is 0.800. The van der Waals surface area contributed by atoms with Crippen LogP contribution >= 0.6 is 15.9 Å². The monoisotopic (exact) mass is 198 g/mol. The van der Waals surface area contributed by atoms with Gasteiger partial charge >= 0.3 is 5.97 Å². The van der Waals surface area contributed by atoms with Gasteiger partial charge in [-0.25, -0.2) is 4.39 Å². The second-order valence-corrected chi connectivity index (χ2v) is 3.50. The summed E-state index contributed by atoms with van der Waals surface area (Å²) in [6.07, 6.45) is 0. The highest BCUT2D eigenvalue weighted by Crippen LogP contribution is 2.18. The van der Waals surface area contributed by atoms with Gasteiger partial charge in [0.25, 0.3) is 0 Å². The van der Waals surface area contributed by atoms with Gasteiger partial charge in [0.15, 0.2) is 4.58 Å². The van der Waals surface area contributed by atoms with Crippen LogP contribution in [-0.2, 0) is 9.53 Å². The fourth-order valence-corrected chi connectivity index (χ4v) is 0.343. The Kier molecular flexibility index (Phi) is 3.11. The van der Waals surface area contributed by atoms with Crippen LogP contribution in [0.15, 0.2) is 0 Å². The number of carbonyl (C=O) groups is 1. The summed E-state index contributed by atoms with van der Waals surface area (Å²) in [7, 11) is 0. The van der Waals surface area contributed by atoms with Crippen LogP contribution in [0.1, 0.15) is 13.8 Å². The van der Waals surface area contributed by atoms with Gasteiger partial charge in [-0.15, -0.1) is 0 Å². The lowest BCUT2D eigenvalue weighted by molar-refractivity contribution is -0.142. The van der Waals surface area contributed by atoms with Crippen molar-refractivity contribution >= 4 is 21.9 Å². The number of rotatable bonds is 2. The van der Waals surface area contributed by atoms with Crippen molar-refractivity contribution in [1.29, 1.82) is 0 Å². The van der Waals surface area contributed by atoms with E-state index >= 15 is 0 Å². The second-order valence-electron chi connectivity index (χ2n) is 1.85. The molecule has 0 aliphatic heterocycles. The van der Waals surface area contributed by atoms with Crippen molar-refractivity contribution in [3.05, 3.63) is 0 Å². The molecule has 0 N–H and O–H groups in total. The highest BCUT2D eigenvalue weighted by molar-refractivity contribution is 9.10. The van der Waals surface area contributed by atoms with Crippen LogP contribution in [0.3, 0.4) is 0 Å². The Morgan fingerprint density at radius 1 is 1.89 bits per heavy atom. The third-order valence-electron chi connectivity index (χ3n) is 0.529. The number of alkyl halides is 2. The van der Waals surface area contributed by atoms with Gasteiger partial charge in [0.05, 0.1) is 0 Å². The topological polar surface area (TPSA) is 26.3 Å². The van der Waals surface area contributed by atoms with Crippen LogP contribution in [0.5, 0.6) is 0 Å². The molecule has 0 spiro atoms. The van der Waals surface area contributed by atoms with Crippen molar-refractivity contribution in [2.75, 3.05) is 6.61 Å². The van der Waals surface area contributed by atoms with E-state index < -0.39 is 10.5 Å². The number of ether oxygens (including phenoxy) is 1. The van der Waals surface area contributed by atoms with E-state index in [1.54, 1.807) is 0 Å². The molecular weight excluding hydrogens is 191 g/mol. The third kappa shape index (κ3) is 7.88. The summed E-state index contributed by atoms with van der Waals surface area (Å²) in [4.78, 5) is 10.1. The first-order valence-corrected chi connectivity index (χ1v) is 3.22. The Morgan fingerprint density at radius 3 is 2.44 bits per heavy atom. The van der Waals surface area contributed by atoms with Gasteiger partial charge in [-0.2, -0.15) is 0 Å². The van der Waals surface area contributed by atoms with E-state index in [1.807, 2.05) is 0 Å². The van der Waals surface area contributed by atoms with E-state index in [2.05, 4.69) is 20.7 Å². The van der Waals surface area contributed by atoms with Crippen LogP contribution in [0.2, 0.25) is 0 Å². The zero-order valence-corrected chi connectivity index (χ0v) is 6.87. The summed E-state index contributed by atoms with van der Waals surface area (Å²) in [5.41, 5.74) is 0. The van der Waals surface area contributed by atoms with E-state index in [-0.39, 0.29) is 6.61 Å². The average Bonchev–Trinajstić information content (AvgIpc) is 1.59. The number of hydrogen-bond donors (Lipinski definition) is 0. The van der Waals surface area contributed by atoms with Crippen LogP contribution in [0, 0.1) is 0 Å². The fourth-order valence-electron chi connectivity index (χ4n) is 0.228. The molecule has 0 radical (unpaired) electrons. The summed E-state index contributed by atoms with van der Waals surface area (Å²) in [6.45, 7) is 2.26. The molecule has 0 aliphatic carbocycles. The molecule has 0 amide bonds. The van der Waals surface area contributed by atoms with E-state index in [9.17, 15) is 9.18 Å². The summed E-state index contributed by atoms with van der Waals surface area (Å²) in [6, 6.07) is 0. The normalized spacial score (nSPS) is 16.4. The van der Waals surface area contributed by atoms with Crippen molar-refractivity contribution in [1.82, 2.24) is 0 Å². The molecule has 0 bridgehead atoms. The third-order valence-corrected chi connectivity index (χ3v) is 0.758. The Hall–Kier alpha value is -0.120. The molecule has 0 aromatic rings. The van der Waals surface area contributed by atoms with Crippen LogP contribution in [-0.4, -0.2) is 17.2 Å². The molecule has 2 nitrogen and oxygen atoms in total. The van der Waals surface area contributed by atoms with Crippen molar-refractivity contribution in [3.63, 3.8) is 0 Å². The van der Waals surface area contributed by atoms with Gasteiger partial charge in [0.2, 0.25) is 0 Å². The quantitative estimate of drug-likeness (QED) is 0.499. The molecule has 0 fully saturated rings. The maximum atomic E-state index is 12.4. The second kappa shape index (κ2) is 3.15. The van der Waals surface area contributed by atoms with Gasteiger partial charge in [-0.3, -0.25) is 4.79 Å². The molecule has 0 saturated carbocycles. The molecule has 4 heteroatoms. The molecule has 0 saturated heterocycles. The average molecular weight is 199 g/mol. The van der Waals surface area contributed by atoms with Crippen LogP contribution < -0.4 is 0 Å². The van der Waals surface area contributed by atoms with Crippen molar-refractivity contribution in [3.8, 4) is 0 Å². The molecule has 0 rings (SSSR count). The number of halogens is 2. The first-order valence-electron chi connectivity index (χ1n) is 2.43. The molecule has 0 aliphatic rings. The minimum Gasteiger partial charge on any atom is -0.462 e. The zero-order valence-electron chi connectivity index (χ0n) is 5.28. The highest BCUT2D eigenvalue weighted by Gasteiger charge is 2.19. The maximum absolute atomic E-state index is 12.4. The lowest BCUT2D eigenvalue weighted by Crippen LogP contribution is -2.18. The maximum Gasteiger partial charge on any atom is 0.302 e. The van der Waals surface area contributed by atoms with E-state index in [4.69, 9.17) is 0 Å². The summed E-state index contributed by atoms with van der Waals surface area (Å²) >= 11 is 2.66. The predicted molar refractivity (Wildman–Crippen MR) is 35.1 cm³/mol. The molecule has 0 heterocycles. The predicted octanol–water partition coefficient (Wildman–Crippen LogP) is 1.63. The van der Waals surface area contributed by atoms with Gasteiger partial charge < -0.3 is 4.74 Å². The largest absolute Gasteiger partial charge is 0.462 e. The van der Waals surface area contributed by atoms with Crippen molar-refractivity contribution < 1.29 is 13.9 Å². The zero-order chi connectivity index (χ0) is 7.49. The van der Waals surface area contributed by atoms with Gasteiger partial charge in [-0.1, -0.05) is 0 Å². The molecule has 0 aromatic carbocycles. The van der Waals surface area contributed by atoms with Crippen LogP contribution in [0.4, 0.5) is 4.39 Å². The molecular formula is C5H8BrFO2. The summed E-state index contributed by atoms with van der Waals surface area (Å²) in [5, 5.41) is 0. The standard InChI is InChI=1S/C5H8BrFO2/c1-4(8)9-3-5(2,6)7/h3H2,1-2H3. The summed E-state index contributed by atoms with van der Waals surface area (Å²) in [5.74, 6) is -0.474. The highest BCUT2D eigenvalue weighted by atomic mass is 79.9. The van der Waals surface area contributed by atoms with Crippen molar-refractivity contribution in [2.45, 2.75) is 18.4 Å². The number of carbonyl (C=O) groups excluding carboxylic acids is 1. The Bertz CT molecular complexity index is 108. The summed E-state index contributed by atoms with van der Waals surface area (Å²) < 4.78 is 15.1.